The van der Waals surface area contributed by atoms with E-state index in [0.29, 0.717) is 25.1 Å². The molecule has 2 fully saturated rings. The van der Waals surface area contributed by atoms with E-state index < -0.39 is 6.10 Å². The maximum absolute atomic E-state index is 11.6. The maximum Gasteiger partial charge on any atom is 0.237 e. The number of aliphatic hydroxyl groups is 1. The van der Waals surface area contributed by atoms with Crippen molar-refractivity contribution in [1.82, 2.24) is 10.6 Å². The summed E-state index contributed by atoms with van der Waals surface area (Å²) in [6.07, 6.45) is 4.16. The van der Waals surface area contributed by atoms with Crippen molar-refractivity contribution in [3.8, 4) is 0 Å². The number of ether oxygens (including phenoxy) is 1. The summed E-state index contributed by atoms with van der Waals surface area (Å²) in [6.45, 7) is 3.31. The Kier molecular flexibility index (Phi) is 4.97. The van der Waals surface area contributed by atoms with Gasteiger partial charge in [-0.05, 0) is 38.5 Å². The molecule has 5 nitrogen and oxygen atoms in total. The minimum Gasteiger partial charge on any atom is -0.389 e. The van der Waals surface area contributed by atoms with Crippen LogP contribution in [-0.4, -0.2) is 49.0 Å². The van der Waals surface area contributed by atoms with Gasteiger partial charge in [0.25, 0.3) is 0 Å². The van der Waals surface area contributed by atoms with E-state index >= 15 is 0 Å². The first-order valence-corrected chi connectivity index (χ1v) is 6.94. The van der Waals surface area contributed by atoms with Crippen LogP contribution in [0.2, 0.25) is 0 Å². The fraction of sp³-hybridized carbons (Fsp3) is 0.923. The highest BCUT2D eigenvalue weighted by Gasteiger charge is 2.25. The van der Waals surface area contributed by atoms with Crippen molar-refractivity contribution >= 4 is 5.91 Å². The van der Waals surface area contributed by atoms with E-state index in [1.807, 2.05) is 6.92 Å². The molecule has 0 spiro atoms. The van der Waals surface area contributed by atoms with E-state index in [1.165, 1.54) is 12.8 Å². The molecule has 0 heterocycles. The van der Waals surface area contributed by atoms with Crippen LogP contribution in [0.1, 0.15) is 32.6 Å². The van der Waals surface area contributed by atoms with Gasteiger partial charge in [0.2, 0.25) is 5.91 Å². The van der Waals surface area contributed by atoms with E-state index in [2.05, 4.69) is 10.6 Å². The van der Waals surface area contributed by atoms with Gasteiger partial charge in [0.15, 0.2) is 0 Å². The van der Waals surface area contributed by atoms with Gasteiger partial charge in [-0.3, -0.25) is 4.79 Å². The zero-order chi connectivity index (χ0) is 13.0. The molecular weight excluding hydrogens is 232 g/mol. The Morgan fingerprint density at radius 1 is 1.39 bits per heavy atom. The van der Waals surface area contributed by atoms with Gasteiger partial charge in [-0.1, -0.05) is 0 Å². The average molecular weight is 256 g/mol. The fourth-order valence-corrected chi connectivity index (χ4v) is 1.67. The lowest BCUT2D eigenvalue weighted by Gasteiger charge is -2.17. The van der Waals surface area contributed by atoms with E-state index in [0.717, 1.165) is 19.4 Å². The summed E-state index contributed by atoms with van der Waals surface area (Å²) in [7, 11) is 0. The van der Waals surface area contributed by atoms with Crippen LogP contribution < -0.4 is 10.6 Å². The molecule has 2 unspecified atom stereocenters. The molecule has 2 aliphatic rings. The largest absolute Gasteiger partial charge is 0.389 e. The molecule has 2 atom stereocenters. The van der Waals surface area contributed by atoms with Gasteiger partial charge >= 0.3 is 0 Å². The Bertz CT molecular complexity index is 277. The summed E-state index contributed by atoms with van der Waals surface area (Å²) in [5.41, 5.74) is 0. The SMILES string of the molecule is CC(NCC(O)COCC1CC1)C(=O)NC1CC1. The number of hydrogen-bond acceptors (Lipinski definition) is 4. The minimum atomic E-state index is -0.542. The second kappa shape index (κ2) is 6.50. The van der Waals surface area contributed by atoms with Gasteiger partial charge in [0.05, 0.1) is 18.8 Å². The highest BCUT2D eigenvalue weighted by Crippen LogP contribution is 2.28. The molecular formula is C13H24N2O3. The average Bonchev–Trinajstić information content (AvgIpc) is 3.19. The molecule has 18 heavy (non-hydrogen) atoms. The second-order valence-electron chi connectivity index (χ2n) is 5.55. The van der Waals surface area contributed by atoms with Crippen LogP contribution >= 0.6 is 0 Å². The monoisotopic (exact) mass is 256 g/mol. The highest BCUT2D eigenvalue weighted by molar-refractivity contribution is 5.81. The molecule has 0 aromatic carbocycles. The number of rotatable bonds is 9. The summed E-state index contributed by atoms with van der Waals surface area (Å²) >= 11 is 0. The summed E-state index contributed by atoms with van der Waals surface area (Å²) in [6, 6.07) is 0.122. The third-order valence-electron chi connectivity index (χ3n) is 3.34. The zero-order valence-electron chi connectivity index (χ0n) is 11.0. The Morgan fingerprint density at radius 2 is 2.11 bits per heavy atom. The van der Waals surface area contributed by atoms with Gasteiger partial charge in [0, 0.05) is 19.2 Å². The van der Waals surface area contributed by atoms with E-state index in [1.54, 1.807) is 0 Å². The van der Waals surface area contributed by atoms with Crippen LogP contribution in [0.3, 0.4) is 0 Å². The topological polar surface area (TPSA) is 70.6 Å². The van der Waals surface area contributed by atoms with Gasteiger partial charge in [-0.15, -0.1) is 0 Å². The third kappa shape index (κ3) is 5.33. The number of carbonyl (C=O) groups is 1. The number of nitrogens with one attached hydrogen (secondary N) is 2. The molecule has 2 saturated carbocycles. The van der Waals surface area contributed by atoms with Crippen LogP contribution in [0.15, 0.2) is 0 Å². The van der Waals surface area contributed by atoms with Gasteiger partial charge in [-0.25, -0.2) is 0 Å². The van der Waals surface area contributed by atoms with Crippen molar-refractivity contribution in [2.24, 2.45) is 5.92 Å². The number of carbonyl (C=O) groups excluding carboxylic acids is 1. The molecule has 0 aromatic heterocycles. The zero-order valence-corrected chi connectivity index (χ0v) is 11.0. The number of hydrogen-bond donors (Lipinski definition) is 3. The van der Waals surface area contributed by atoms with E-state index in [9.17, 15) is 9.90 Å². The third-order valence-corrected chi connectivity index (χ3v) is 3.34. The first kappa shape index (κ1) is 13.8. The summed E-state index contributed by atoms with van der Waals surface area (Å²) in [5.74, 6) is 0.733. The Hall–Kier alpha value is -0.650. The lowest BCUT2D eigenvalue weighted by molar-refractivity contribution is -0.123. The predicted molar refractivity (Wildman–Crippen MR) is 68.2 cm³/mol. The molecule has 1 amide bonds. The Morgan fingerprint density at radius 3 is 2.72 bits per heavy atom. The normalized spacial score (nSPS) is 22.6. The maximum atomic E-state index is 11.6. The molecule has 0 bridgehead atoms. The predicted octanol–water partition coefficient (Wildman–Crippen LogP) is 0.0306. The van der Waals surface area contributed by atoms with Crippen LogP contribution in [0.4, 0.5) is 0 Å². The van der Waals surface area contributed by atoms with Crippen LogP contribution in [0.5, 0.6) is 0 Å². The van der Waals surface area contributed by atoms with Crippen molar-refractivity contribution in [1.29, 1.82) is 0 Å². The molecule has 0 aliphatic heterocycles. The van der Waals surface area contributed by atoms with E-state index in [-0.39, 0.29) is 11.9 Å². The number of amides is 1. The highest BCUT2D eigenvalue weighted by atomic mass is 16.5. The molecule has 0 radical (unpaired) electrons. The molecule has 3 N–H and O–H groups in total. The van der Waals surface area contributed by atoms with Crippen molar-refractivity contribution < 1.29 is 14.6 Å². The standard InChI is InChI=1S/C13H24N2O3/c1-9(13(17)15-11-4-5-11)14-6-12(16)8-18-7-10-2-3-10/h9-12,14,16H,2-8H2,1H3,(H,15,17). The molecule has 104 valence electrons. The molecule has 0 aromatic rings. The van der Waals surface area contributed by atoms with E-state index in [4.69, 9.17) is 4.74 Å². The van der Waals surface area contributed by atoms with Crippen LogP contribution in [0.25, 0.3) is 0 Å². The lowest BCUT2D eigenvalue weighted by atomic mass is 10.3. The van der Waals surface area contributed by atoms with Crippen molar-refractivity contribution in [3.63, 3.8) is 0 Å². The van der Waals surface area contributed by atoms with Gasteiger partial charge in [0.1, 0.15) is 0 Å². The Balaban J connectivity index is 1.49. The fourth-order valence-electron chi connectivity index (χ4n) is 1.67. The van der Waals surface area contributed by atoms with Crippen LogP contribution in [0, 0.1) is 5.92 Å². The molecule has 5 heteroatoms. The first-order chi connectivity index (χ1) is 8.65. The first-order valence-electron chi connectivity index (χ1n) is 6.94. The molecule has 0 saturated heterocycles. The minimum absolute atomic E-state index is 0.0172. The summed E-state index contributed by atoms with van der Waals surface area (Å²) < 4.78 is 5.40. The van der Waals surface area contributed by atoms with Crippen molar-refractivity contribution in [2.45, 2.75) is 50.8 Å². The lowest BCUT2D eigenvalue weighted by Crippen LogP contribution is -2.46. The smallest absolute Gasteiger partial charge is 0.237 e. The quantitative estimate of drug-likeness (QED) is 0.544. The Labute approximate surface area is 108 Å². The van der Waals surface area contributed by atoms with Crippen LogP contribution in [-0.2, 0) is 9.53 Å². The van der Waals surface area contributed by atoms with Crippen molar-refractivity contribution in [3.05, 3.63) is 0 Å². The molecule has 2 aliphatic carbocycles. The number of aliphatic hydroxyl groups excluding tert-OH is 1. The van der Waals surface area contributed by atoms with Crippen molar-refractivity contribution in [2.75, 3.05) is 19.8 Å². The summed E-state index contributed by atoms with van der Waals surface area (Å²) in [5, 5.41) is 15.6. The summed E-state index contributed by atoms with van der Waals surface area (Å²) in [4.78, 5) is 11.6. The second-order valence-corrected chi connectivity index (χ2v) is 5.55. The van der Waals surface area contributed by atoms with Gasteiger partial charge in [-0.2, -0.15) is 0 Å². The van der Waals surface area contributed by atoms with Gasteiger partial charge < -0.3 is 20.5 Å². The molecule has 2 rings (SSSR count).